The van der Waals surface area contributed by atoms with Crippen molar-refractivity contribution in [3.63, 3.8) is 0 Å². The third-order valence-electron chi connectivity index (χ3n) is 6.76. The van der Waals surface area contributed by atoms with Crippen molar-refractivity contribution in [2.45, 2.75) is 32.9 Å². The maximum Gasteiger partial charge on any atom is 0.279 e. The zero-order valence-corrected chi connectivity index (χ0v) is 21.5. The summed E-state index contributed by atoms with van der Waals surface area (Å²) in [7, 11) is 1.51. The molecule has 1 amide bonds. The molecule has 6 rings (SSSR count). The van der Waals surface area contributed by atoms with Crippen molar-refractivity contribution in [3.8, 4) is 28.4 Å². The molecule has 0 spiro atoms. The van der Waals surface area contributed by atoms with Gasteiger partial charge in [0.05, 0.1) is 29.1 Å². The molecule has 1 unspecified atom stereocenters. The largest absolute Gasteiger partial charge is 0.480 e. The summed E-state index contributed by atoms with van der Waals surface area (Å²) in [6.45, 7) is 6.07. The minimum Gasteiger partial charge on any atom is -0.480 e. The van der Waals surface area contributed by atoms with Crippen LogP contribution in [0.4, 0.5) is 11.6 Å². The predicted molar refractivity (Wildman–Crippen MR) is 140 cm³/mol. The maximum atomic E-state index is 14.1. The van der Waals surface area contributed by atoms with E-state index in [1.54, 1.807) is 6.20 Å². The number of benzene rings is 2. The summed E-state index contributed by atoms with van der Waals surface area (Å²) in [6, 6.07) is 9.04. The smallest absolute Gasteiger partial charge is 0.279 e. The molecule has 0 saturated heterocycles. The number of carbonyl (C=O) groups is 1. The molecule has 0 fully saturated rings. The second-order valence-electron chi connectivity index (χ2n) is 9.18. The molecule has 4 heterocycles. The van der Waals surface area contributed by atoms with Gasteiger partial charge in [-0.05, 0) is 55.7 Å². The fraction of sp³-hybridized carbons (Fsp3) is 0.231. The molecule has 2 aliphatic heterocycles. The highest BCUT2D eigenvalue weighted by atomic mass is 35.5. The Morgan fingerprint density at radius 1 is 1.11 bits per heavy atom. The maximum absolute atomic E-state index is 14.1. The summed E-state index contributed by atoms with van der Waals surface area (Å²) < 4.78 is 7.54. The molecule has 0 saturated carbocycles. The summed E-state index contributed by atoms with van der Waals surface area (Å²) in [5, 5.41) is 1.16. The number of carbonyl (C=O) groups excluding carboxylic acids is 1. The second kappa shape index (κ2) is 7.94. The van der Waals surface area contributed by atoms with E-state index >= 15 is 0 Å². The molecule has 2 aromatic heterocycles. The van der Waals surface area contributed by atoms with Crippen LogP contribution < -0.4 is 15.4 Å². The Balaban J connectivity index is 1.68. The van der Waals surface area contributed by atoms with Gasteiger partial charge in [0.2, 0.25) is 11.8 Å². The van der Waals surface area contributed by atoms with Crippen LogP contribution >= 0.6 is 23.2 Å². The van der Waals surface area contributed by atoms with Crippen LogP contribution in [0.25, 0.3) is 22.5 Å². The van der Waals surface area contributed by atoms with E-state index in [-0.39, 0.29) is 17.9 Å². The minimum absolute atomic E-state index is 0.0381. The number of imidazole rings is 1. The average Bonchev–Trinajstić information content (AvgIpc) is 3.36. The molecule has 36 heavy (non-hydrogen) atoms. The van der Waals surface area contributed by atoms with Gasteiger partial charge < -0.3 is 15.0 Å². The van der Waals surface area contributed by atoms with Gasteiger partial charge in [-0.25, -0.2) is 9.97 Å². The number of amides is 1. The minimum atomic E-state index is -0.409. The van der Waals surface area contributed by atoms with Gasteiger partial charge in [-0.1, -0.05) is 35.3 Å². The summed E-state index contributed by atoms with van der Waals surface area (Å²) in [4.78, 5) is 29.1. The van der Waals surface area contributed by atoms with Crippen molar-refractivity contribution in [3.05, 3.63) is 69.1 Å². The standard InChI is InChI=1S/C26H22Cl2N6O2/c1-11(2)33-22-19(31-23(33)16-10-30-26(29)32-24(16)36-4)25(35)34-20-12(3)5-8-17(28)18(20)15-9-13(27)6-7-14(15)21(22)34/h5-11,21H,1-4H3,(H2,29,30,32). The molecule has 0 aliphatic carbocycles. The van der Waals surface area contributed by atoms with Crippen LogP contribution in [-0.2, 0) is 0 Å². The first-order valence-electron chi connectivity index (χ1n) is 11.4. The van der Waals surface area contributed by atoms with Crippen LogP contribution in [0.2, 0.25) is 10.0 Å². The molecule has 0 bridgehead atoms. The van der Waals surface area contributed by atoms with Crippen molar-refractivity contribution in [1.82, 2.24) is 19.5 Å². The lowest BCUT2D eigenvalue weighted by molar-refractivity contribution is 0.0989. The number of rotatable bonds is 3. The molecular formula is C26H22Cl2N6O2. The van der Waals surface area contributed by atoms with Gasteiger partial charge in [0.25, 0.3) is 5.91 Å². The summed E-state index contributed by atoms with van der Waals surface area (Å²) in [6.07, 6.45) is 1.58. The van der Waals surface area contributed by atoms with E-state index in [1.165, 1.54) is 7.11 Å². The lowest BCUT2D eigenvalue weighted by atomic mass is 9.86. The van der Waals surface area contributed by atoms with Crippen LogP contribution in [0.1, 0.15) is 53.2 Å². The highest BCUT2D eigenvalue weighted by molar-refractivity contribution is 6.35. The molecule has 2 aliphatic rings. The molecule has 8 nitrogen and oxygen atoms in total. The monoisotopic (exact) mass is 520 g/mol. The van der Waals surface area contributed by atoms with E-state index in [4.69, 9.17) is 38.7 Å². The summed E-state index contributed by atoms with van der Waals surface area (Å²) >= 11 is 13.2. The number of nitrogens with two attached hydrogens (primary N) is 1. The summed E-state index contributed by atoms with van der Waals surface area (Å²) in [5.41, 5.74) is 11.8. The van der Waals surface area contributed by atoms with E-state index in [1.807, 2.05) is 56.0 Å². The summed E-state index contributed by atoms with van der Waals surface area (Å²) in [5.74, 6) is 0.735. The molecule has 2 N–H and O–H groups in total. The van der Waals surface area contributed by atoms with Gasteiger partial charge in [-0.2, -0.15) is 4.98 Å². The third kappa shape index (κ3) is 3.01. The normalized spacial score (nSPS) is 15.6. The number of hydrogen-bond donors (Lipinski definition) is 1. The van der Waals surface area contributed by atoms with Gasteiger partial charge in [0.15, 0.2) is 5.69 Å². The van der Waals surface area contributed by atoms with Gasteiger partial charge in [-0.15, -0.1) is 0 Å². The number of fused-ring (bicyclic) bond motifs is 8. The molecule has 1 atom stereocenters. The number of halogens is 2. The van der Waals surface area contributed by atoms with Gasteiger partial charge >= 0.3 is 0 Å². The quantitative estimate of drug-likeness (QED) is 0.363. The average molecular weight is 521 g/mol. The first-order chi connectivity index (χ1) is 17.2. The predicted octanol–water partition coefficient (Wildman–Crippen LogP) is 5.86. The van der Waals surface area contributed by atoms with Gasteiger partial charge in [0.1, 0.15) is 11.9 Å². The van der Waals surface area contributed by atoms with Crippen molar-refractivity contribution < 1.29 is 9.53 Å². The van der Waals surface area contributed by atoms with Crippen LogP contribution in [0.15, 0.2) is 36.5 Å². The van der Waals surface area contributed by atoms with Crippen LogP contribution in [0, 0.1) is 6.92 Å². The number of hydrogen-bond acceptors (Lipinski definition) is 6. The molecule has 2 aromatic carbocycles. The van der Waals surface area contributed by atoms with Crippen molar-refractivity contribution in [2.24, 2.45) is 0 Å². The Morgan fingerprint density at radius 3 is 2.61 bits per heavy atom. The zero-order valence-electron chi connectivity index (χ0n) is 20.0. The van der Waals surface area contributed by atoms with E-state index in [0.717, 1.165) is 33.6 Å². The molecular weight excluding hydrogens is 499 g/mol. The topological polar surface area (TPSA) is 99.2 Å². The molecule has 10 heteroatoms. The number of ether oxygens (including phenoxy) is 1. The number of nitrogen functional groups attached to an aromatic ring is 1. The number of aryl methyl sites for hydroxylation is 1. The lowest BCUT2D eigenvalue weighted by Gasteiger charge is -2.36. The fourth-order valence-corrected chi connectivity index (χ4v) is 5.78. The Bertz CT molecular complexity index is 1600. The second-order valence-corrected chi connectivity index (χ2v) is 10.0. The first kappa shape index (κ1) is 22.8. The van der Waals surface area contributed by atoms with E-state index < -0.39 is 6.04 Å². The molecule has 182 valence electrons. The SMILES string of the molecule is COc1nc(N)ncc1-c1nc2c(n1C(C)C)C1c3ccc(Cl)cc3-c3c(Cl)ccc(C)c3N1C2=O. The van der Waals surface area contributed by atoms with Gasteiger partial charge in [0, 0.05) is 22.8 Å². The van der Waals surface area contributed by atoms with E-state index in [2.05, 4.69) is 14.5 Å². The fourth-order valence-electron chi connectivity index (χ4n) is 5.36. The van der Waals surface area contributed by atoms with Crippen molar-refractivity contribution in [1.29, 1.82) is 0 Å². The van der Waals surface area contributed by atoms with Crippen LogP contribution in [-0.4, -0.2) is 32.5 Å². The van der Waals surface area contributed by atoms with E-state index in [9.17, 15) is 4.79 Å². The van der Waals surface area contributed by atoms with Crippen LogP contribution in [0.5, 0.6) is 5.88 Å². The number of anilines is 2. The van der Waals surface area contributed by atoms with E-state index in [0.29, 0.717) is 33.0 Å². The Labute approximate surface area is 217 Å². The van der Waals surface area contributed by atoms with Gasteiger partial charge in [-0.3, -0.25) is 9.69 Å². The van der Waals surface area contributed by atoms with Crippen molar-refractivity contribution in [2.75, 3.05) is 17.7 Å². The molecule has 4 aromatic rings. The highest BCUT2D eigenvalue weighted by Crippen LogP contribution is 2.56. The van der Waals surface area contributed by atoms with Crippen LogP contribution in [0.3, 0.4) is 0 Å². The number of aromatic nitrogens is 4. The highest BCUT2D eigenvalue weighted by Gasteiger charge is 2.49. The first-order valence-corrected chi connectivity index (χ1v) is 12.2. The Hall–Kier alpha value is -3.62. The zero-order chi connectivity index (χ0) is 25.5. The third-order valence-corrected chi connectivity index (χ3v) is 7.31. The van der Waals surface area contributed by atoms with Crippen molar-refractivity contribution >= 4 is 40.7 Å². The molecule has 0 radical (unpaired) electrons. The lowest BCUT2D eigenvalue weighted by Crippen LogP contribution is -2.34. The number of methoxy groups -OCH3 is 1. The Kier molecular flexibility index (Phi) is 5.04. The Morgan fingerprint density at radius 2 is 1.89 bits per heavy atom. The number of nitrogens with zero attached hydrogens (tertiary/aromatic N) is 5.